The zero-order valence-corrected chi connectivity index (χ0v) is 11.8. The molecule has 1 aliphatic rings. The third-order valence-corrected chi connectivity index (χ3v) is 3.92. The first-order valence-electron chi connectivity index (χ1n) is 7.05. The van der Waals surface area contributed by atoms with E-state index >= 15 is 0 Å². The van der Waals surface area contributed by atoms with Gasteiger partial charge in [-0.1, -0.05) is 30.3 Å². The van der Waals surface area contributed by atoms with Gasteiger partial charge in [0.15, 0.2) is 0 Å². The van der Waals surface area contributed by atoms with E-state index in [1.807, 2.05) is 6.20 Å². The maximum absolute atomic E-state index is 4.37. The van der Waals surface area contributed by atoms with Crippen molar-refractivity contribution in [2.24, 2.45) is 0 Å². The number of rotatable bonds is 3. The number of likely N-dealkylation sites (N-methyl/N-ethyl adjacent to an activating group) is 1. The third kappa shape index (κ3) is 3.03. The molecular formula is C16H20N4. The van der Waals surface area contributed by atoms with Crippen LogP contribution in [0.1, 0.15) is 17.3 Å². The highest BCUT2D eigenvalue weighted by Gasteiger charge is 2.25. The van der Waals surface area contributed by atoms with Crippen LogP contribution in [0, 0.1) is 0 Å². The lowest BCUT2D eigenvalue weighted by atomic mass is 10.0. The molecular weight excluding hydrogens is 248 g/mol. The Balaban J connectivity index is 1.70. The Morgan fingerprint density at radius 2 is 2.00 bits per heavy atom. The number of nitrogens with zero attached hydrogens (tertiary/aromatic N) is 4. The van der Waals surface area contributed by atoms with Crippen LogP contribution < -0.4 is 0 Å². The number of hydrogen-bond donors (Lipinski definition) is 0. The van der Waals surface area contributed by atoms with Gasteiger partial charge in [-0.3, -0.25) is 19.8 Å². The summed E-state index contributed by atoms with van der Waals surface area (Å²) in [5, 5.41) is 0. The fourth-order valence-corrected chi connectivity index (χ4v) is 2.75. The van der Waals surface area contributed by atoms with Crippen LogP contribution in [0.5, 0.6) is 0 Å². The second-order valence-corrected chi connectivity index (χ2v) is 5.34. The van der Waals surface area contributed by atoms with Crippen LogP contribution in [-0.2, 0) is 6.54 Å². The lowest BCUT2D eigenvalue weighted by Crippen LogP contribution is -2.46. The highest BCUT2D eigenvalue weighted by molar-refractivity contribution is 5.20. The van der Waals surface area contributed by atoms with Gasteiger partial charge in [0, 0.05) is 50.8 Å². The monoisotopic (exact) mass is 268 g/mol. The van der Waals surface area contributed by atoms with Crippen LogP contribution >= 0.6 is 0 Å². The van der Waals surface area contributed by atoms with Gasteiger partial charge in [0.25, 0.3) is 0 Å². The second kappa shape index (κ2) is 6.11. The van der Waals surface area contributed by atoms with Crippen LogP contribution in [0.25, 0.3) is 0 Å². The third-order valence-electron chi connectivity index (χ3n) is 3.92. The molecule has 0 amide bonds. The molecule has 104 valence electrons. The average Bonchev–Trinajstić information content (AvgIpc) is 2.51. The van der Waals surface area contributed by atoms with Crippen molar-refractivity contribution in [3.05, 3.63) is 60.2 Å². The zero-order valence-electron chi connectivity index (χ0n) is 11.8. The van der Waals surface area contributed by atoms with E-state index in [4.69, 9.17) is 0 Å². The minimum absolute atomic E-state index is 0.460. The SMILES string of the molecule is CN1CCN(Cc2cnccn2)CC1c1ccccc1. The van der Waals surface area contributed by atoms with Gasteiger partial charge in [-0.15, -0.1) is 0 Å². The molecule has 0 aliphatic carbocycles. The van der Waals surface area contributed by atoms with E-state index in [-0.39, 0.29) is 0 Å². The van der Waals surface area contributed by atoms with E-state index in [2.05, 4.69) is 57.1 Å². The Labute approximate surface area is 120 Å². The van der Waals surface area contributed by atoms with Gasteiger partial charge in [0.2, 0.25) is 0 Å². The summed E-state index contributed by atoms with van der Waals surface area (Å²) in [6, 6.07) is 11.2. The van der Waals surface area contributed by atoms with Crippen molar-refractivity contribution in [3.63, 3.8) is 0 Å². The Kier molecular flexibility index (Phi) is 4.04. The largest absolute Gasteiger partial charge is 0.297 e. The van der Waals surface area contributed by atoms with Crippen molar-refractivity contribution < 1.29 is 0 Å². The minimum Gasteiger partial charge on any atom is -0.297 e. The molecule has 1 fully saturated rings. The molecule has 1 aromatic heterocycles. The van der Waals surface area contributed by atoms with E-state index in [1.165, 1.54) is 5.56 Å². The smallest absolute Gasteiger partial charge is 0.0726 e. The van der Waals surface area contributed by atoms with Crippen molar-refractivity contribution in [2.75, 3.05) is 26.7 Å². The molecule has 1 unspecified atom stereocenters. The molecule has 1 saturated heterocycles. The molecule has 1 atom stereocenters. The highest BCUT2D eigenvalue weighted by atomic mass is 15.3. The Hall–Kier alpha value is -1.78. The van der Waals surface area contributed by atoms with Gasteiger partial charge >= 0.3 is 0 Å². The zero-order chi connectivity index (χ0) is 13.8. The van der Waals surface area contributed by atoms with Crippen LogP contribution in [0.4, 0.5) is 0 Å². The Morgan fingerprint density at radius 3 is 2.75 bits per heavy atom. The predicted octanol–water partition coefficient (Wildman–Crippen LogP) is 1.97. The van der Waals surface area contributed by atoms with Gasteiger partial charge in [-0.05, 0) is 12.6 Å². The van der Waals surface area contributed by atoms with E-state index in [0.29, 0.717) is 6.04 Å². The molecule has 1 aromatic carbocycles. The van der Waals surface area contributed by atoms with Gasteiger partial charge in [-0.2, -0.15) is 0 Å². The van der Waals surface area contributed by atoms with Crippen LogP contribution in [0.3, 0.4) is 0 Å². The topological polar surface area (TPSA) is 32.3 Å². The first kappa shape index (κ1) is 13.2. The second-order valence-electron chi connectivity index (χ2n) is 5.34. The number of piperazine rings is 1. The van der Waals surface area contributed by atoms with Crippen LogP contribution in [0.15, 0.2) is 48.9 Å². The number of benzene rings is 1. The summed E-state index contributed by atoms with van der Waals surface area (Å²) in [4.78, 5) is 13.4. The minimum atomic E-state index is 0.460. The van der Waals surface area contributed by atoms with Gasteiger partial charge in [0.1, 0.15) is 0 Å². The van der Waals surface area contributed by atoms with Crippen molar-refractivity contribution in [2.45, 2.75) is 12.6 Å². The van der Waals surface area contributed by atoms with E-state index in [0.717, 1.165) is 31.9 Å². The van der Waals surface area contributed by atoms with E-state index < -0.39 is 0 Å². The fourth-order valence-electron chi connectivity index (χ4n) is 2.75. The van der Waals surface area contributed by atoms with Crippen LogP contribution in [-0.4, -0.2) is 46.4 Å². The summed E-state index contributed by atoms with van der Waals surface area (Å²) >= 11 is 0. The average molecular weight is 268 g/mol. The first-order valence-corrected chi connectivity index (χ1v) is 7.05. The first-order chi connectivity index (χ1) is 9.83. The lowest BCUT2D eigenvalue weighted by Gasteiger charge is -2.39. The Morgan fingerprint density at radius 1 is 1.15 bits per heavy atom. The number of aromatic nitrogens is 2. The molecule has 20 heavy (non-hydrogen) atoms. The molecule has 0 spiro atoms. The molecule has 0 saturated carbocycles. The summed E-state index contributed by atoms with van der Waals surface area (Å²) in [5.74, 6) is 0. The molecule has 0 radical (unpaired) electrons. The normalized spacial score (nSPS) is 20.9. The molecule has 4 heteroatoms. The standard InChI is InChI=1S/C16H20N4/c1-19-9-10-20(12-15-11-17-7-8-18-15)13-16(19)14-5-3-2-4-6-14/h2-8,11,16H,9-10,12-13H2,1H3. The van der Waals surface area contributed by atoms with Gasteiger partial charge < -0.3 is 0 Å². The fraction of sp³-hybridized carbons (Fsp3) is 0.375. The van der Waals surface area contributed by atoms with E-state index in [9.17, 15) is 0 Å². The quantitative estimate of drug-likeness (QED) is 0.852. The molecule has 0 N–H and O–H groups in total. The molecule has 2 aromatic rings. The number of hydrogen-bond acceptors (Lipinski definition) is 4. The van der Waals surface area contributed by atoms with Crippen molar-refractivity contribution >= 4 is 0 Å². The van der Waals surface area contributed by atoms with Gasteiger partial charge in [-0.25, -0.2) is 0 Å². The van der Waals surface area contributed by atoms with Crippen molar-refractivity contribution in [3.8, 4) is 0 Å². The molecule has 3 rings (SSSR count). The molecule has 4 nitrogen and oxygen atoms in total. The molecule has 0 bridgehead atoms. The maximum atomic E-state index is 4.37. The highest BCUT2D eigenvalue weighted by Crippen LogP contribution is 2.24. The van der Waals surface area contributed by atoms with E-state index in [1.54, 1.807) is 12.4 Å². The summed E-state index contributed by atoms with van der Waals surface area (Å²) in [6.07, 6.45) is 5.34. The van der Waals surface area contributed by atoms with Gasteiger partial charge in [0.05, 0.1) is 5.69 Å². The maximum Gasteiger partial charge on any atom is 0.0726 e. The predicted molar refractivity (Wildman–Crippen MR) is 79.1 cm³/mol. The van der Waals surface area contributed by atoms with Crippen molar-refractivity contribution in [1.29, 1.82) is 0 Å². The summed E-state index contributed by atoms with van der Waals surface area (Å²) in [5.41, 5.74) is 2.43. The Bertz CT molecular complexity index is 529. The summed E-state index contributed by atoms with van der Waals surface area (Å²) < 4.78 is 0. The molecule has 1 aliphatic heterocycles. The summed E-state index contributed by atoms with van der Waals surface area (Å²) in [7, 11) is 2.21. The van der Waals surface area contributed by atoms with Crippen LogP contribution in [0.2, 0.25) is 0 Å². The lowest BCUT2D eigenvalue weighted by molar-refractivity contribution is 0.0895. The summed E-state index contributed by atoms with van der Waals surface area (Å²) in [6.45, 7) is 4.08. The van der Waals surface area contributed by atoms with Crippen molar-refractivity contribution in [1.82, 2.24) is 19.8 Å². The molecule has 2 heterocycles.